The van der Waals surface area contributed by atoms with Crippen molar-refractivity contribution in [2.75, 3.05) is 6.54 Å². The summed E-state index contributed by atoms with van der Waals surface area (Å²) in [6.07, 6.45) is 11.8. The van der Waals surface area contributed by atoms with Crippen molar-refractivity contribution in [2.45, 2.75) is 41.5 Å². The quantitative estimate of drug-likeness (QED) is 0.318. The van der Waals surface area contributed by atoms with Crippen molar-refractivity contribution in [1.82, 2.24) is 5.32 Å². The van der Waals surface area contributed by atoms with Gasteiger partial charge in [0.2, 0.25) is 0 Å². The first-order chi connectivity index (χ1) is 12.6. The molecule has 0 saturated carbocycles. The lowest BCUT2D eigenvalue weighted by Gasteiger charge is -2.20. The average Bonchev–Trinajstić information content (AvgIpc) is 2.56. The van der Waals surface area contributed by atoms with Gasteiger partial charge in [0, 0.05) is 17.8 Å². The van der Waals surface area contributed by atoms with Crippen LogP contribution in [0.3, 0.4) is 0 Å². The Kier molecular flexibility index (Phi) is 11.3. The Morgan fingerprint density at radius 3 is 2.07 bits per heavy atom. The third-order valence-electron chi connectivity index (χ3n) is 3.69. The van der Waals surface area contributed by atoms with E-state index in [1.807, 2.05) is 38.2 Å². The highest BCUT2D eigenvalue weighted by atomic mass is 14.9. The van der Waals surface area contributed by atoms with E-state index in [1.54, 1.807) is 0 Å². The molecule has 0 atom stereocenters. The molecule has 0 aliphatic rings. The fourth-order valence-electron chi connectivity index (χ4n) is 2.37. The van der Waals surface area contributed by atoms with Crippen LogP contribution in [0.15, 0.2) is 113 Å². The number of nitrogens with one attached hydrogen (secondary N) is 1. The zero-order chi connectivity index (χ0) is 21.0. The summed E-state index contributed by atoms with van der Waals surface area (Å²) >= 11 is 0. The summed E-state index contributed by atoms with van der Waals surface area (Å²) < 4.78 is 0. The molecule has 0 aliphatic carbocycles. The minimum absolute atomic E-state index is 0.614. The van der Waals surface area contributed by atoms with Crippen LogP contribution in [0.5, 0.6) is 0 Å². The van der Waals surface area contributed by atoms with Crippen LogP contribution in [-0.2, 0) is 0 Å². The predicted octanol–water partition coefficient (Wildman–Crippen LogP) is 7.29. The van der Waals surface area contributed by atoms with Crippen LogP contribution in [0.1, 0.15) is 41.5 Å². The molecule has 0 aromatic rings. The predicted molar refractivity (Wildman–Crippen MR) is 124 cm³/mol. The standard InChI is InChI=1S/C26H35N/c1-11-12-13-14-15-22(8)18-27-24(10)26(21(6)7)23(9)25(20(4)5)17-16-19(2)3/h11,13-17,27H,4,8-10,18H2,1-3,5-7H3/b15-14-,25-17+. The van der Waals surface area contributed by atoms with Gasteiger partial charge in [-0.3, -0.25) is 0 Å². The third-order valence-corrected chi connectivity index (χ3v) is 3.69. The first-order valence-electron chi connectivity index (χ1n) is 9.14. The lowest BCUT2D eigenvalue weighted by Crippen LogP contribution is -2.18. The Labute approximate surface area is 167 Å². The van der Waals surface area contributed by atoms with Gasteiger partial charge in [0.25, 0.3) is 0 Å². The van der Waals surface area contributed by atoms with E-state index in [2.05, 4.69) is 77.2 Å². The van der Waals surface area contributed by atoms with Crippen LogP contribution in [-0.4, -0.2) is 6.54 Å². The summed E-state index contributed by atoms with van der Waals surface area (Å²) in [7, 11) is 0. The molecule has 1 heteroatoms. The summed E-state index contributed by atoms with van der Waals surface area (Å²) in [6.45, 7) is 29.6. The topological polar surface area (TPSA) is 12.0 Å². The van der Waals surface area contributed by atoms with Crippen molar-refractivity contribution < 1.29 is 0 Å². The van der Waals surface area contributed by atoms with Gasteiger partial charge in [0.1, 0.15) is 0 Å². The van der Waals surface area contributed by atoms with Crippen molar-refractivity contribution in [3.05, 3.63) is 113 Å². The molecule has 0 fully saturated rings. The van der Waals surface area contributed by atoms with Crippen LogP contribution in [0.2, 0.25) is 0 Å². The second kappa shape index (κ2) is 12.6. The molecule has 1 N–H and O–H groups in total. The van der Waals surface area contributed by atoms with Gasteiger partial charge in [0.15, 0.2) is 0 Å². The van der Waals surface area contributed by atoms with Crippen LogP contribution >= 0.6 is 0 Å². The zero-order valence-electron chi connectivity index (χ0n) is 18.0. The van der Waals surface area contributed by atoms with E-state index in [-0.39, 0.29) is 0 Å². The fraction of sp³-hybridized carbons (Fsp3) is 0.269. The Morgan fingerprint density at radius 2 is 1.59 bits per heavy atom. The van der Waals surface area contributed by atoms with Crippen LogP contribution in [0.4, 0.5) is 0 Å². The molecule has 0 aromatic carbocycles. The molecular formula is C26H35N. The Hall–Kier alpha value is -2.76. The molecule has 1 nitrogen and oxygen atoms in total. The lowest BCUT2D eigenvalue weighted by atomic mass is 9.90. The summed E-state index contributed by atoms with van der Waals surface area (Å²) in [4.78, 5) is 0. The minimum Gasteiger partial charge on any atom is -0.381 e. The number of rotatable bonds is 10. The first kappa shape index (κ1) is 24.2. The second-order valence-corrected chi connectivity index (χ2v) is 6.93. The molecule has 0 spiro atoms. The Bertz CT molecular complexity index is 774. The first-order valence-corrected chi connectivity index (χ1v) is 9.14. The van der Waals surface area contributed by atoms with Gasteiger partial charge in [0.05, 0.1) is 0 Å². The van der Waals surface area contributed by atoms with Crippen molar-refractivity contribution >= 4 is 0 Å². The summed E-state index contributed by atoms with van der Waals surface area (Å²) in [5, 5.41) is 3.37. The molecule has 0 rings (SSSR count). The van der Waals surface area contributed by atoms with Gasteiger partial charge in [-0.05, 0) is 70.4 Å². The summed E-state index contributed by atoms with van der Waals surface area (Å²) in [6, 6.07) is 0. The molecule has 0 heterocycles. The van der Waals surface area contributed by atoms with E-state index in [1.165, 1.54) is 5.57 Å². The molecule has 0 aromatic heterocycles. The molecule has 144 valence electrons. The lowest BCUT2D eigenvalue weighted by molar-refractivity contribution is 0.896. The maximum Gasteiger partial charge on any atom is 0.0394 e. The fourth-order valence-corrected chi connectivity index (χ4v) is 2.37. The van der Waals surface area contributed by atoms with E-state index >= 15 is 0 Å². The maximum absolute atomic E-state index is 4.32. The second-order valence-electron chi connectivity index (χ2n) is 6.93. The molecular weight excluding hydrogens is 326 g/mol. The highest BCUT2D eigenvalue weighted by Crippen LogP contribution is 2.29. The number of hydrogen-bond donors (Lipinski definition) is 1. The van der Waals surface area contributed by atoms with E-state index in [0.29, 0.717) is 6.54 Å². The monoisotopic (exact) mass is 361 g/mol. The van der Waals surface area contributed by atoms with Crippen LogP contribution in [0.25, 0.3) is 0 Å². The number of hydrogen-bond acceptors (Lipinski definition) is 1. The molecule has 0 radical (unpaired) electrons. The summed E-state index contributed by atoms with van der Waals surface area (Å²) in [5.41, 5.74) is 11.1. The van der Waals surface area contributed by atoms with E-state index < -0.39 is 0 Å². The SMILES string of the molecule is C=C(/C=C\C=C=CC)CNC(=C)C(C(=C)/C(=C/C=C(C)C)C(=C)C)=C(C)C. The van der Waals surface area contributed by atoms with Crippen LogP contribution in [0, 0.1) is 0 Å². The van der Waals surface area contributed by atoms with Gasteiger partial charge in [-0.2, -0.15) is 0 Å². The van der Waals surface area contributed by atoms with Gasteiger partial charge >= 0.3 is 0 Å². The maximum atomic E-state index is 4.32. The molecule has 0 saturated heterocycles. The van der Waals surface area contributed by atoms with E-state index in [0.717, 1.165) is 39.1 Å². The third kappa shape index (κ3) is 9.49. The molecule has 0 bridgehead atoms. The van der Waals surface area contributed by atoms with Gasteiger partial charge < -0.3 is 5.32 Å². The van der Waals surface area contributed by atoms with E-state index in [9.17, 15) is 0 Å². The highest BCUT2D eigenvalue weighted by molar-refractivity contribution is 5.61. The Balaban J connectivity index is 5.42. The molecule has 0 aliphatic heterocycles. The minimum atomic E-state index is 0.614. The van der Waals surface area contributed by atoms with Gasteiger partial charge in [-0.25, -0.2) is 0 Å². The smallest absolute Gasteiger partial charge is 0.0394 e. The zero-order valence-corrected chi connectivity index (χ0v) is 18.0. The normalized spacial score (nSPS) is 10.5. The molecule has 0 unspecified atom stereocenters. The van der Waals surface area contributed by atoms with Crippen molar-refractivity contribution in [1.29, 1.82) is 0 Å². The van der Waals surface area contributed by atoms with Crippen molar-refractivity contribution in [2.24, 2.45) is 0 Å². The van der Waals surface area contributed by atoms with Crippen molar-refractivity contribution in [3.63, 3.8) is 0 Å². The van der Waals surface area contributed by atoms with Gasteiger partial charge in [-0.1, -0.05) is 67.3 Å². The van der Waals surface area contributed by atoms with E-state index in [4.69, 9.17) is 0 Å². The average molecular weight is 362 g/mol. The summed E-state index contributed by atoms with van der Waals surface area (Å²) in [5.74, 6) is 0. The van der Waals surface area contributed by atoms with Crippen molar-refractivity contribution in [3.8, 4) is 0 Å². The van der Waals surface area contributed by atoms with Gasteiger partial charge in [-0.15, -0.1) is 5.73 Å². The number of allylic oxidation sites excluding steroid dienone is 9. The Morgan fingerprint density at radius 1 is 0.963 bits per heavy atom. The van der Waals surface area contributed by atoms with Crippen LogP contribution < -0.4 is 5.32 Å². The largest absolute Gasteiger partial charge is 0.381 e. The highest BCUT2D eigenvalue weighted by Gasteiger charge is 2.13. The molecule has 0 amide bonds. The molecule has 27 heavy (non-hydrogen) atoms.